The highest BCUT2D eigenvalue weighted by Crippen LogP contribution is 2.25. The zero-order valence-electron chi connectivity index (χ0n) is 17.5. The minimum absolute atomic E-state index is 0.0565. The van der Waals surface area contributed by atoms with E-state index in [1.54, 1.807) is 16.8 Å². The van der Waals surface area contributed by atoms with Crippen molar-refractivity contribution in [1.82, 2.24) is 9.47 Å². The van der Waals surface area contributed by atoms with Crippen molar-refractivity contribution >= 4 is 29.1 Å². The summed E-state index contributed by atoms with van der Waals surface area (Å²) in [5, 5.41) is 2.66. The molecule has 2 aliphatic rings. The lowest BCUT2D eigenvalue weighted by molar-refractivity contribution is -0.122. The van der Waals surface area contributed by atoms with Gasteiger partial charge in [-0.2, -0.15) is 0 Å². The predicted molar refractivity (Wildman–Crippen MR) is 117 cm³/mol. The first-order valence-electron chi connectivity index (χ1n) is 10.6. The third-order valence-electron chi connectivity index (χ3n) is 5.90. The van der Waals surface area contributed by atoms with E-state index in [1.807, 2.05) is 30.3 Å². The second-order valence-electron chi connectivity index (χ2n) is 8.14. The van der Waals surface area contributed by atoms with E-state index in [0.29, 0.717) is 18.7 Å². The quantitative estimate of drug-likeness (QED) is 0.816. The summed E-state index contributed by atoms with van der Waals surface area (Å²) in [6.45, 7) is 1.65. The number of anilines is 2. The average Bonchev–Trinajstić information content (AvgIpc) is 3.19. The van der Waals surface area contributed by atoms with Gasteiger partial charge < -0.3 is 19.7 Å². The summed E-state index contributed by atoms with van der Waals surface area (Å²) < 4.78 is 1.31. The molecule has 1 aromatic carbocycles. The molecule has 0 bridgehead atoms. The van der Waals surface area contributed by atoms with Crippen molar-refractivity contribution < 1.29 is 14.4 Å². The number of hydrogen-bond acceptors (Lipinski definition) is 4. The van der Waals surface area contributed by atoms with Crippen LogP contribution in [0.25, 0.3) is 0 Å². The fraction of sp³-hybridized carbons (Fsp3) is 0.391. The molecular formula is C23H26N4O4. The first kappa shape index (κ1) is 20.8. The highest BCUT2D eigenvalue weighted by Gasteiger charge is 2.35. The van der Waals surface area contributed by atoms with E-state index in [2.05, 4.69) is 5.32 Å². The summed E-state index contributed by atoms with van der Waals surface area (Å²) in [5.41, 5.74) is 0.773. The molecule has 2 fully saturated rings. The molecule has 2 aromatic rings. The predicted octanol–water partition coefficient (Wildman–Crippen LogP) is 2.00. The van der Waals surface area contributed by atoms with Gasteiger partial charge in [0, 0.05) is 45.0 Å². The van der Waals surface area contributed by atoms with Crippen LogP contribution in [-0.2, 0) is 16.6 Å². The number of carbonyl (C=O) groups excluding carboxylic acids is 3. The molecule has 1 atom stereocenters. The van der Waals surface area contributed by atoms with Crippen LogP contribution in [-0.4, -0.2) is 46.8 Å². The molecule has 1 aromatic heterocycles. The van der Waals surface area contributed by atoms with Gasteiger partial charge >= 0.3 is 0 Å². The highest BCUT2D eigenvalue weighted by molar-refractivity contribution is 6.04. The molecule has 162 valence electrons. The van der Waals surface area contributed by atoms with Gasteiger partial charge in [0.25, 0.3) is 11.5 Å². The van der Waals surface area contributed by atoms with Gasteiger partial charge in [0.2, 0.25) is 11.8 Å². The number of nitrogens with one attached hydrogen (secondary N) is 1. The van der Waals surface area contributed by atoms with Crippen LogP contribution < -0.4 is 15.8 Å². The molecule has 0 spiro atoms. The lowest BCUT2D eigenvalue weighted by Crippen LogP contribution is -2.37. The van der Waals surface area contributed by atoms with E-state index in [0.717, 1.165) is 24.9 Å². The number of rotatable bonds is 4. The molecule has 0 saturated carbocycles. The zero-order valence-corrected chi connectivity index (χ0v) is 17.5. The van der Waals surface area contributed by atoms with Crippen LogP contribution in [0.15, 0.2) is 47.4 Å². The fourth-order valence-electron chi connectivity index (χ4n) is 4.17. The molecule has 1 N–H and O–H groups in total. The van der Waals surface area contributed by atoms with E-state index in [1.165, 1.54) is 16.8 Å². The van der Waals surface area contributed by atoms with Crippen molar-refractivity contribution in [3.05, 3.63) is 58.5 Å². The van der Waals surface area contributed by atoms with Crippen molar-refractivity contribution in [3.63, 3.8) is 0 Å². The molecule has 31 heavy (non-hydrogen) atoms. The molecule has 8 nitrogen and oxygen atoms in total. The summed E-state index contributed by atoms with van der Waals surface area (Å²) in [4.78, 5) is 54.0. The third-order valence-corrected chi connectivity index (χ3v) is 5.90. The van der Waals surface area contributed by atoms with Crippen molar-refractivity contribution in [2.24, 2.45) is 13.0 Å². The number of aromatic nitrogens is 1. The smallest absolute Gasteiger partial charge is 0.274 e. The van der Waals surface area contributed by atoms with Gasteiger partial charge in [-0.1, -0.05) is 18.2 Å². The van der Waals surface area contributed by atoms with E-state index in [4.69, 9.17) is 0 Å². The Morgan fingerprint density at radius 2 is 1.74 bits per heavy atom. The van der Waals surface area contributed by atoms with Gasteiger partial charge in [-0.05, 0) is 37.5 Å². The van der Waals surface area contributed by atoms with Crippen LogP contribution >= 0.6 is 0 Å². The van der Waals surface area contributed by atoms with Crippen molar-refractivity contribution in [1.29, 1.82) is 0 Å². The number of likely N-dealkylation sites (tertiary alicyclic amines) is 1. The SMILES string of the molecule is Cn1cc(C(=O)N2CCCCC2)cc(NC(=O)C2CC(=O)N(c3ccccc3)C2)c1=O. The van der Waals surface area contributed by atoms with E-state index in [-0.39, 0.29) is 30.5 Å². The summed E-state index contributed by atoms with van der Waals surface area (Å²) in [5.74, 6) is -1.24. The van der Waals surface area contributed by atoms with Gasteiger partial charge in [-0.3, -0.25) is 19.2 Å². The monoisotopic (exact) mass is 422 g/mol. The fourth-order valence-corrected chi connectivity index (χ4v) is 4.17. The lowest BCUT2D eigenvalue weighted by Gasteiger charge is -2.27. The molecule has 1 unspecified atom stereocenters. The summed E-state index contributed by atoms with van der Waals surface area (Å²) in [6.07, 6.45) is 4.63. The number of amides is 3. The van der Waals surface area contributed by atoms with E-state index < -0.39 is 17.4 Å². The van der Waals surface area contributed by atoms with Crippen LogP contribution in [0.4, 0.5) is 11.4 Å². The topological polar surface area (TPSA) is 91.7 Å². The first-order chi connectivity index (χ1) is 14.9. The zero-order chi connectivity index (χ0) is 22.0. The molecule has 2 saturated heterocycles. The van der Waals surface area contributed by atoms with Crippen LogP contribution in [0.3, 0.4) is 0 Å². The maximum atomic E-state index is 12.9. The molecule has 3 amide bonds. The number of para-hydroxylation sites is 1. The summed E-state index contributed by atoms with van der Waals surface area (Å²) >= 11 is 0. The maximum Gasteiger partial charge on any atom is 0.274 e. The first-order valence-corrected chi connectivity index (χ1v) is 10.6. The minimum Gasteiger partial charge on any atom is -0.339 e. The largest absolute Gasteiger partial charge is 0.339 e. The molecule has 8 heteroatoms. The number of hydrogen-bond donors (Lipinski definition) is 1. The Morgan fingerprint density at radius 3 is 2.45 bits per heavy atom. The van der Waals surface area contributed by atoms with Gasteiger partial charge in [0.05, 0.1) is 11.5 Å². The number of nitrogens with zero attached hydrogens (tertiary/aromatic N) is 3. The Labute approximate surface area is 180 Å². The Morgan fingerprint density at radius 1 is 1.03 bits per heavy atom. The van der Waals surface area contributed by atoms with Crippen molar-refractivity contribution in [2.45, 2.75) is 25.7 Å². The van der Waals surface area contributed by atoms with Gasteiger partial charge in [0.1, 0.15) is 5.69 Å². The number of aryl methyl sites for hydroxylation is 1. The van der Waals surface area contributed by atoms with Crippen LogP contribution in [0.2, 0.25) is 0 Å². The maximum absolute atomic E-state index is 12.9. The Balaban J connectivity index is 1.50. The summed E-state index contributed by atoms with van der Waals surface area (Å²) in [6, 6.07) is 10.6. The molecule has 0 radical (unpaired) electrons. The van der Waals surface area contributed by atoms with Gasteiger partial charge in [-0.25, -0.2) is 0 Å². The standard InChI is InChI=1S/C23H26N4O4/c1-25-14-17(22(30)26-10-6-3-7-11-26)12-19(23(25)31)24-21(29)16-13-20(28)27(15-16)18-8-4-2-5-9-18/h2,4-5,8-9,12,14,16H,3,6-7,10-11,13,15H2,1H3,(H,24,29). The van der Waals surface area contributed by atoms with Crippen LogP contribution in [0, 0.1) is 5.92 Å². The molecular weight excluding hydrogens is 396 g/mol. The molecule has 4 rings (SSSR count). The second-order valence-corrected chi connectivity index (χ2v) is 8.14. The number of benzene rings is 1. The number of pyridine rings is 1. The average molecular weight is 422 g/mol. The molecule has 2 aliphatic heterocycles. The number of piperidine rings is 1. The summed E-state index contributed by atoms with van der Waals surface area (Å²) in [7, 11) is 1.56. The van der Waals surface area contributed by atoms with E-state index >= 15 is 0 Å². The molecule has 3 heterocycles. The van der Waals surface area contributed by atoms with E-state index in [9.17, 15) is 19.2 Å². The van der Waals surface area contributed by atoms with Crippen molar-refractivity contribution in [2.75, 3.05) is 29.9 Å². The molecule has 0 aliphatic carbocycles. The van der Waals surface area contributed by atoms with Gasteiger partial charge in [-0.15, -0.1) is 0 Å². The Bertz CT molecular complexity index is 1060. The highest BCUT2D eigenvalue weighted by atomic mass is 16.2. The Kier molecular flexibility index (Phi) is 5.88. The number of carbonyl (C=O) groups is 3. The minimum atomic E-state index is -0.570. The Hall–Kier alpha value is -3.42. The normalized spacial score (nSPS) is 18.9. The lowest BCUT2D eigenvalue weighted by atomic mass is 10.1. The van der Waals surface area contributed by atoms with Crippen LogP contribution in [0.5, 0.6) is 0 Å². The van der Waals surface area contributed by atoms with Crippen LogP contribution in [0.1, 0.15) is 36.0 Å². The van der Waals surface area contributed by atoms with Crippen molar-refractivity contribution in [3.8, 4) is 0 Å². The van der Waals surface area contributed by atoms with Gasteiger partial charge in [0.15, 0.2) is 0 Å². The third kappa shape index (κ3) is 4.38. The second kappa shape index (κ2) is 8.75.